The van der Waals surface area contributed by atoms with Crippen LogP contribution in [0.1, 0.15) is 13.3 Å². The molecule has 2 fully saturated rings. The number of fused-ring (bicyclic) bond motifs is 2. The second-order valence-electron chi connectivity index (χ2n) is 4.61. The van der Waals surface area contributed by atoms with Gasteiger partial charge in [-0.3, -0.25) is 4.79 Å². The van der Waals surface area contributed by atoms with Gasteiger partial charge in [-0.2, -0.15) is 0 Å². The molecule has 2 aliphatic heterocycles. The maximum Gasteiger partial charge on any atom is 0.219 e. The highest BCUT2D eigenvalue weighted by Crippen LogP contribution is 2.27. The predicted octanol–water partition coefficient (Wildman–Crippen LogP) is 0.416. The number of rotatable bonds is 0. The Bertz CT molecular complexity index is 199. The predicted molar refractivity (Wildman–Crippen MR) is 51.3 cm³/mol. The van der Waals surface area contributed by atoms with Gasteiger partial charge >= 0.3 is 0 Å². The minimum absolute atomic E-state index is 0.249. The van der Waals surface area contributed by atoms with Crippen LogP contribution in [0, 0.1) is 11.8 Å². The topological polar surface area (TPSA) is 23.6 Å². The van der Waals surface area contributed by atoms with E-state index in [1.54, 1.807) is 6.92 Å². The third-order valence-corrected chi connectivity index (χ3v) is 3.21. The molecule has 0 aliphatic carbocycles. The molecule has 13 heavy (non-hydrogen) atoms. The highest BCUT2D eigenvalue weighted by atomic mass is 16.2. The van der Waals surface area contributed by atoms with Crippen LogP contribution in [-0.2, 0) is 4.79 Å². The van der Waals surface area contributed by atoms with Crippen molar-refractivity contribution in [1.29, 1.82) is 0 Å². The molecule has 3 heteroatoms. The summed E-state index contributed by atoms with van der Waals surface area (Å²) in [6.07, 6.45) is 1.33. The van der Waals surface area contributed by atoms with Crippen LogP contribution in [-0.4, -0.2) is 48.9 Å². The van der Waals surface area contributed by atoms with Crippen LogP contribution in [0.4, 0.5) is 0 Å². The van der Waals surface area contributed by atoms with E-state index >= 15 is 0 Å². The van der Waals surface area contributed by atoms with Gasteiger partial charge in [-0.1, -0.05) is 0 Å². The number of piperidine rings is 2. The zero-order valence-corrected chi connectivity index (χ0v) is 8.49. The Labute approximate surface area is 79.7 Å². The molecule has 74 valence electrons. The third-order valence-electron chi connectivity index (χ3n) is 3.21. The second-order valence-corrected chi connectivity index (χ2v) is 4.61. The number of amides is 1. The van der Waals surface area contributed by atoms with Gasteiger partial charge in [0, 0.05) is 33.1 Å². The van der Waals surface area contributed by atoms with Crippen LogP contribution in [0.2, 0.25) is 0 Å². The summed E-state index contributed by atoms with van der Waals surface area (Å²) in [6.45, 7) is 5.98. The number of carbonyl (C=O) groups excluding carboxylic acids is 1. The van der Waals surface area contributed by atoms with Crippen molar-refractivity contribution in [2.45, 2.75) is 13.3 Å². The van der Waals surface area contributed by atoms with E-state index in [0.717, 1.165) is 24.9 Å². The Morgan fingerprint density at radius 1 is 1.15 bits per heavy atom. The molecule has 2 aliphatic rings. The Balaban J connectivity index is 2.01. The molecule has 0 aromatic rings. The summed E-state index contributed by atoms with van der Waals surface area (Å²) in [7, 11) is 2.18. The van der Waals surface area contributed by atoms with Gasteiger partial charge in [0.2, 0.25) is 5.91 Å². The molecule has 0 aromatic carbocycles. The van der Waals surface area contributed by atoms with Gasteiger partial charge in [0.05, 0.1) is 0 Å². The SMILES string of the molecule is CC(=O)N1C[C@@H]2C[C@@H](CN(C)C2)C1. The molecular formula is C10H18N2O. The van der Waals surface area contributed by atoms with E-state index in [0.29, 0.717) is 0 Å². The molecule has 1 amide bonds. The highest BCUT2D eigenvalue weighted by Gasteiger charge is 2.33. The van der Waals surface area contributed by atoms with Crippen molar-refractivity contribution in [3.05, 3.63) is 0 Å². The third kappa shape index (κ3) is 1.85. The normalized spacial score (nSPS) is 34.8. The number of likely N-dealkylation sites (tertiary alicyclic amines) is 2. The van der Waals surface area contributed by atoms with Crippen molar-refractivity contribution in [2.24, 2.45) is 11.8 Å². The van der Waals surface area contributed by atoms with Crippen LogP contribution < -0.4 is 0 Å². The van der Waals surface area contributed by atoms with Gasteiger partial charge in [-0.15, -0.1) is 0 Å². The van der Waals surface area contributed by atoms with E-state index in [2.05, 4.69) is 11.9 Å². The minimum Gasteiger partial charge on any atom is -0.342 e. The first-order chi connectivity index (χ1) is 6.15. The molecule has 0 spiro atoms. The van der Waals surface area contributed by atoms with Crippen molar-refractivity contribution in [3.8, 4) is 0 Å². The molecule has 2 rings (SSSR count). The fourth-order valence-corrected chi connectivity index (χ4v) is 2.80. The van der Waals surface area contributed by atoms with E-state index < -0.39 is 0 Å². The van der Waals surface area contributed by atoms with Crippen molar-refractivity contribution < 1.29 is 4.79 Å². The summed E-state index contributed by atoms with van der Waals surface area (Å²) < 4.78 is 0. The molecule has 0 unspecified atom stereocenters. The molecule has 0 radical (unpaired) electrons. The summed E-state index contributed by atoms with van der Waals surface area (Å²) in [5.74, 6) is 1.70. The lowest BCUT2D eigenvalue weighted by Gasteiger charge is -2.44. The van der Waals surface area contributed by atoms with Gasteiger partial charge in [-0.25, -0.2) is 0 Å². The number of hydrogen-bond acceptors (Lipinski definition) is 2. The summed E-state index contributed by atoms with van der Waals surface area (Å²) in [6, 6.07) is 0. The molecular weight excluding hydrogens is 164 g/mol. The molecule has 2 saturated heterocycles. The largest absolute Gasteiger partial charge is 0.342 e. The van der Waals surface area contributed by atoms with Crippen molar-refractivity contribution >= 4 is 5.91 Å². The van der Waals surface area contributed by atoms with Crippen LogP contribution in [0.5, 0.6) is 0 Å². The first kappa shape index (κ1) is 9.00. The Morgan fingerprint density at radius 3 is 2.15 bits per heavy atom. The van der Waals surface area contributed by atoms with E-state index in [-0.39, 0.29) is 5.91 Å². The average molecular weight is 182 g/mol. The first-order valence-corrected chi connectivity index (χ1v) is 5.09. The van der Waals surface area contributed by atoms with Gasteiger partial charge in [-0.05, 0) is 25.3 Å². The van der Waals surface area contributed by atoms with Crippen molar-refractivity contribution in [2.75, 3.05) is 33.2 Å². The Hall–Kier alpha value is -0.570. The highest BCUT2D eigenvalue weighted by molar-refractivity contribution is 5.73. The smallest absolute Gasteiger partial charge is 0.219 e. The molecule has 0 saturated carbocycles. The van der Waals surface area contributed by atoms with Crippen LogP contribution in [0.15, 0.2) is 0 Å². The monoisotopic (exact) mass is 182 g/mol. The molecule has 2 atom stereocenters. The van der Waals surface area contributed by atoms with Crippen LogP contribution in [0.3, 0.4) is 0 Å². The standard InChI is InChI=1S/C10H18N2O/c1-8(13)12-6-9-3-10(7-12)5-11(2)4-9/h9-10H,3-7H2,1-2H3/t9-,10+. The molecule has 3 nitrogen and oxygen atoms in total. The molecule has 0 aromatic heterocycles. The van der Waals surface area contributed by atoms with E-state index in [1.165, 1.54) is 19.5 Å². The fourth-order valence-electron chi connectivity index (χ4n) is 2.80. The second kappa shape index (κ2) is 3.29. The maximum atomic E-state index is 11.2. The van der Waals surface area contributed by atoms with E-state index in [4.69, 9.17) is 0 Å². The maximum absolute atomic E-state index is 11.2. The van der Waals surface area contributed by atoms with Gasteiger partial charge in [0.1, 0.15) is 0 Å². The lowest BCUT2D eigenvalue weighted by Crippen LogP contribution is -2.52. The van der Waals surface area contributed by atoms with Crippen molar-refractivity contribution in [3.63, 3.8) is 0 Å². The summed E-state index contributed by atoms with van der Waals surface area (Å²) in [4.78, 5) is 15.6. The lowest BCUT2D eigenvalue weighted by atomic mass is 9.85. The fraction of sp³-hybridized carbons (Fsp3) is 0.900. The first-order valence-electron chi connectivity index (χ1n) is 5.09. The quantitative estimate of drug-likeness (QED) is 0.542. The molecule has 2 bridgehead atoms. The summed E-state index contributed by atoms with van der Waals surface area (Å²) in [5.41, 5.74) is 0. The minimum atomic E-state index is 0.249. The van der Waals surface area contributed by atoms with Gasteiger partial charge < -0.3 is 9.80 Å². The Morgan fingerprint density at radius 2 is 1.69 bits per heavy atom. The van der Waals surface area contributed by atoms with Gasteiger partial charge in [0.15, 0.2) is 0 Å². The average Bonchev–Trinajstić information content (AvgIpc) is 2.01. The Kier molecular flexibility index (Phi) is 2.28. The number of hydrogen-bond donors (Lipinski definition) is 0. The number of carbonyl (C=O) groups is 1. The van der Waals surface area contributed by atoms with Crippen LogP contribution >= 0.6 is 0 Å². The zero-order valence-electron chi connectivity index (χ0n) is 8.49. The zero-order chi connectivity index (χ0) is 9.42. The summed E-state index contributed by atoms with van der Waals surface area (Å²) >= 11 is 0. The van der Waals surface area contributed by atoms with Gasteiger partial charge in [0.25, 0.3) is 0 Å². The van der Waals surface area contributed by atoms with E-state index in [9.17, 15) is 4.79 Å². The number of nitrogens with zero attached hydrogens (tertiary/aromatic N) is 2. The molecule has 0 N–H and O–H groups in total. The molecule has 2 heterocycles. The lowest BCUT2D eigenvalue weighted by molar-refractivity contribution is -0.133. The van der Waals surface area contributed by atoms with Crippen molar-refractivity contribution in [1.82, 2.24) is 9.80 Å². The van der Waals surface area contributed by atoms with Crippen LogP contribution in [0.25, 0.3) is 0 Å². The van der Waals surface area contributed by atoms with E-state index in [1.807, 2.05) is 4.90 Å². The summed E-state index contributed by atoms with van der Waals surface area (Å²) in [5, 5.41) is 0.